The Hall–Kier alpha value is -3.22. The summed E-state index contributed by atoms with van der Waals surface area (Å²) in [5, 5.41) is 14.0. The van der Waals surface area contributed by atoms with E-state index in [2.05, 4.69) is 20.6 Å². The van der Waals surface area contributed by atoms with Crippen LogP contribution in [0.15, 0.2) is 54.9 Å². The standard InChI is InChI=1S/C18H20N4O3/c1-13(8-9-16-19-10-5-11-20-16)21-17(23)15(22-18(24)25)12-14-6-3-2-4-7-14/h2-11,13,15,22H,12H2,1H3,(H,21,23)(H,24,25)/b9-8+/t13-,15-/m0/s1. The molecule has 0 spiro atoms. The van der Waals surface area contributed by atoms with E-state index in [0.717, 1.165) is 5.56 Å². The zero-order valence-corrected chi connectivity index (χ0v) is 13.8. The number of carbonyl (C=O) groups excluding carboxylic acids is 1. The van der Waals surface area contributed by atoms with Gasteiger partial charge in [-0.25, -0.2) is 14.8 Å². The van der Waals surface area contributed by atoms with E-state index in [4.69, 9.17) is 5.11 Å². The summed E-state index contributed by atoms with van der Waals surface area (Å²) in [7, 11) is 0. The van der Waals surface area contributed by atoms with Crippen molar-refractivity contribution < 1.29 is 14.7 Å². The van der Waals surface area contributed by atoms with Gasteiger partial charge in [0.15, 0.2) is 5.82 Å². The maximum Gasteiger partial charge on any atom is 0.405 e. The van der Waals surface area contributed by atoms with Gasteiger partial charge >= 0.3 is 6.09 Å². The number of benzene rings is 1. The van der Waals surface area contributed by atoms with Crippen LogP contribution in [0.4, 0.5) is 4.79 Å². The van der Waals surface area contributed by atoms with Crippen molar-refractivity contribution in [3.05, 3.63) is 66.3 Å². The van der Waals surface area contributed by atoms with Gasteiger partial charge < -0.3 is 15.7 Å². The molecule has 7 nitrogen and oxygen atoms in total. The number of nitrogens with one attached hydrogen (secondary N) is 2. The van der Waals surface area contributed by atoms with Gasteiger partial charge in [0.1, 0.15) is 6.04 Å². The topological polar surface area (TPSA) is 104 Å². The Morgan fingerprint density at radius 3 is 2.44 bits per heavy atom. The number of aromatic nitrogens is 2. The van der Waals surface area contributed by atoms with Crippen molar-refractivity contribution in [1.82, 2.24) is 20.6 Å². The molecule has 0 saturated carbocycles. The molecule has 1 aromatic heterocycles. The van der Waals surface area contributed by atoms with Crippen molar-refractivity contribution in [3.63, 3.8) is 0 Å². The van der Waals surface area contributed by atoms with Crippen molar-refractivity contribution >= 4 is 18.1 Å². The van der Waals surface area contributed by atoms with Gasteiger partial charge in [-0.2, -0.15) is 0 Å². The molecule has 0 saturated heterocycles. The summed E-state index contributed by atoms with van der Waals surface area (Å²) in [6.45, 7) is 1.79. The van der Waals surface area contributed by atoms with Gasteiger partial charge in [-0.3, -0.25) is 4.79 Å². The first-order valence-corrected chi connectivity index (χ1v) is 7.83. The molecule has 0 bridgehead atoms. The van der Waals surface area contributed by atoms with E-state index in [1.165, 1.54) is 0 Å². The molecule has 0 radical (unpaired) electrons. The lowest BCUT2D eigenvalue weighted by molar-refractivity contribution is -0.123. The van der Waals surface area contributed by atoms with Crippen LogP contribution < -0.4 is 10.6 Å². The van der Waals surface area contributed by atoms with Crippen LogP contribution in [-0.4, -0.2) is 39.2 Å². The average Bonchev–Trinajstić information content (AvgIpc) is 2.61. The maximum absolute atomic E-state index is 12.4. The van der Waals surface area contributed by atoms with Crippen LogP contribution in [-0.2, 0) is 11.2 Å². The maximum atomic E-state index is 12.4. The summed E-state index contributed by atoms with van der Waals surface area (Å²) in [6.07, 6.45) is 5.73. The van der Waals surface area contributed by atoms with E-state index in [-0.39, 0.29) is 12.5 Å². The second-order valence-electron chi connectivity index (χ2n) is 5.46. The van der Waals surface area contributed by atoms with E-state index in [0.29, 0.717) is 5.82 Å². The molecule has 130 valence electrons. The summed E-state index contributed by atoms with van der Waals surface area (Å²) in [5.74, 6) is 0.144. The molecule has 0 aliphatic rings. The second-order valence-corrected chi connectivity index (χ2v) is 5.46. The van der Waals surface area contributed by atoms with E-state index >= 15 is 0 Å². The summed E-state index contributed by atoms with van der Waals surface area (Å²) >= 11 is 0. The molecule has 0 fully saturated rings. The second kappa shape index (κ2) is 9.17. The van der Waals surface area contributed by atoms with E-state index < -0.39 is 18.0 Å². The first kappa shape index (κ1) is 18.1. The minimum Gasteiger partial charge on any atom is -0.465 e. The summed E-state index contributed by atoms with van der Waals surface area (Å²) in [5.41, 5.74) is 0.872. The fourth-order valence-corrected chi connectivity index (χ4v) is 2.21. The molecule has 25 heavy (non-hydrogen) atoms. The zero-order chi connectivity index (χ0) is 18.1. The highest BCUT2D eigenvalue weighted by Gasteiger charge is 2.21. The van der Waals surface area contributed by atoms with Gasteiger partial charge in [0.25, 0.3) is 0 Å². The number of carbonyl (C=O) groups is 2. The fourth-order valence-electron chi connectivity index (χ4n) is 2.21. The van der Waals surface area contributed by atoms with E-state index in [9.17, 15) is 9.59 Å². The van der Waals surface area contributed by atoms with Gasteiger partial charge in [-0.15, -0.1) is 0 Å². The van der Waals surface area contributed by atoms with Gasteiger partial charge in [-0.05, 0) is 24.6 Å². The Balaban J connectivity index is 1.98. The van der Waals surface area contributed by atoms with Crippen molar-refractivity contribution in [2.24, 2.45) is 0 Å². The first-order valence-electron chi connectivity index (χ1n) is 7.83. The quantitative estimate of drug-likeness (QED) is 0.714. The zero-order valence-electron chi connectivity index (χ0n) is 13.8. The highest BCUT2D eigenvalue weighted by molar-refractivity contribution is 5.86. The highest BCUT2D eigenvalue weighted by atomic mass is 16.4. The highest BCUT2D eigenvalue weighted by Crippen LogP contribution is 2.04. The molecule has 0 aliphatic heterocycles. The lowest BCUT2D eigenvalue weighted by Crippen LogP contribution is -2.49. The number of amides is 2. The number of nitrogens with zero attached hydrogens (tertiary/aromatic N) is 2. The molecule has 2 atom stereocenters. The average molecular weight is 340 g/mol. The fraction of sp³-hybridized carbons (Fsp3) is 0.222. The molecule has 7 heteroatoms. The van der Waals surface area contributed by atoms with Crippen molar-refractivity contribution in [2.75, 3.05) is 0 Å². The van der Waals surface area contributed by atoms with Crippen LogP contribution in [0.3, 0.4) is 0 Å². The predicted molar refractivity (Wildman–Crippen MR) is 93.8 cm³/mol. The molecule has 2 amide bonds. The molecular weight excluding hydrogens is 320 g/mol. The number of rotatable bonds is 7. The Morgan fingerprint density at radius 2 is 1.80 bits per heavy atom. The summed E-state index contributed by atoms with van der Waals surface area (Å²) in [6, 6.07) is 9.79. The normalized spacial score (nSPS) is 13.2. The SMILES string of the molecule is C[C@@H](/C=C/c1ncccn1)NC(=O)[C@H](Cc1ccccc1)NC(=O)O. The monoisotopic (exact) mass is 340 g/mol. The minimum atomic E-state index is -1.24. The van der Waals surface area contributed by atoms with Crippen molar-refractivity contribution in [1.29, 1.82) is 0 Å². The van der Waals surface area contributed by atoms with E-state index in [1.54, 1.807) is 37.5 Å². The Morgan fingerprint density at radius 1 is 1.12 bits per heavy atom. The molecule has 1 aromatic carbocycles. The lowest BCUT2D eigenvalue weighted by Gasteiger charge is -2.19. The van der Waals surface area contributed by atoms with Crippen LogP contribution in [0.2, 0.25) is 0 Å². The number of hydrogen-bond acceptors (Lipinski definition) is 4. The number of carboxylic acid groups (broad SMARTS) is 1. The predicted octanol–water partition coefficient (Wildman–Crippen LogP) is 1.87. The third-order valence-electron chi connectivity index (χ3n) is 3.39. The Kier molecular flexibility index (Phi) is 6.65. The van der Waals surface area contributed by atoms with Crippen molar-refractivity contribution in [3.8, 4) is 0 Å². The van der Waals surface area contributed by atoms with Gasteiger partial charge in [0.05, 0.1) is 0 Å². The first-order chi connectivity index (χ1) is 12.0. The van der Waals surface area contributed by atoms with Crippen LogP contribution in [0, 0.1) is 0 Å². The molecule has 3 N–H and O–H groups in total. The molecule has 0 unspecified atom stereocenters. The van der Waals surface area contributed by atoms with E-state index in [1.807, 2.05) is 30.3 Å². The molecule has 2 rings (SSSR count). The van der Waals surface area contributed by atoms with Crippen LogP contribution in [0.25, 0.3) is 6.08 Å². The summed E-state index contributed by atoms with van der Waals surface area (Å²) in [4.78, 5) is 31.5. The smallest absolute Gasteiger partial charge is 0.405 e. The Labute approximate surface area is 145 Å². The minimum absolute atomic E-state index is 0.275. The van der Waals surface area contributed by atoms with Crippen molar-refractivity contribution in [2.45, 2.75) is 25.4 Å². The van der Waals surface area contributed by atoms with Gasteiger partial charge in [0.2, 0.25) is 5.91 Å². The molecule has 0 aliphatic carbocycles. The molecule has 2 aromatic rings. The lowest BCUT2D eigenvalue weighted by atomic mass is 10.1. The molecule has 1 heterocycles. The van der Waals surface area contributed by atoms with Crippen LogP contribution in [0.1, 0.15) is 18.3 Å². The Bertz CT molecular complexity index is 720. The molecular formula is C18H20N4O3. The summed E-state index contributed by atoms with van der Waals surface area (Å²) < 4.78 is 0. The largest absolute Gasteiger partial charge is 0.465 e. The van der Waals surface area contributed by atoms with Crippen LogP contribution >= 0.6 is 0 Å². The number of hydrogen-bond donors (Lipinski definition) is 3. The third kappa shape index (κ3) is 6.42. The van der Waals surface area contributed by atoms with Crippen LogP contribution in [0.5, 0.6) is 0 Å². The van der Waals surface area contributed by atoms with Gasteiger partial charge in [-0.1, -0.05) is 36.4 Å². The third-order valence-corrected chi connectivity index (χ3v) is 3.39. The van der Waals surface area contributed by atoms with Gasteiger partial charge in [0, 0.05) is 24.9 Å².